The van der Waals surface area contributed by atoms with Crippen LogP contribution in [-0.2, 0) is 6.42 Å². The van der Waals surface area contributed by atoms with Crippen LogP contribution in [0.3, 0.4) is 0 Å². The molecule has 0 amide bonds. The quantitative estimate of drug-likeness (QED) is 0.546. The lowest BCUT2D eigenvalue weighted by Gasteiger charge is -1.99. The molecule has 0 bridgehead atoms. The molecule has 5 nitrogen and oxygen atoms in total. The van der Waals surface area contributed by atoms with E-state index in [0.717, 1.165) is 22.5 Å². The highest BCUT2D eigenvalue weighted by Crippen LogP contribution is 2.15. The lowest BCUT2D eigenvalue weighted by atomic mass is 10.1. The Morgan fingerprint density at radius 3 is 2.54 bits per heavy atom. The Morgan fingerprint density at radius 1 is 1.04 bits per heavy atom. The molecule has 0 saturated carbocycles. The number of aromatic nitrogens is 3. The van der Waals surface area contributed by atoms with E-state index in [9.17, 15) is 9.59 Å². The van der Waals surface area contributed by atoms with Crippen molar-refractivity contribution in [1.29, 1.82) is 0 Å². The van der Waals surface area contributed by atoms with Gasteiger partial charge in [-0.25, -0.2) is 0 Å². The SMILES string of the molecule is O=c1nc2s/c(=C/c3ccccc3Cl)c(=O)n2nc1Cc1ccccc1. The van der Waals surface area contributed by atoms with Crippen molar-refractivity contribution in [2.45, 2.75) is 6.42 Å². The Labute approximate surface area is 156 Å². The summed E-state index contributed by atoms with van der Waals surface area (Å²) in [5.41, 5.74) is 1.17. The lowest BCUT2D eigenvalue weighted by molar-refractivity contribution is 0.811. The topological polar surface area (TPSA) is 64.3 Å². The van der Waals surface area contributed by atoms with Crippen molar-refractivity contribution in [2.24, 2.45) is 0 Å². The van der Waals surface area contributed by atoms with Gasteiger partial charge in [0.15, 0.2) is 0 Å². The van der Waals surface area contributed by atoms with E-state index in [4.69, 9.17) is 11.6 Å². The maximum absolute atomic E-state index is 12.7. The van der Waals surface area contributed by atoms with Gasteiger partial charge in [-0.3, -0.25) is 9.59 Å². The van der Waals surface area contributed by atoms with Crippen molar-refractivity contribution < 1.29 is 0 Å². The zero-order chi connectivity index (χ0) is 18.1. The highest BCUT2D eigenvalue weighted by molar-refractivity contribution is 7.15. The van der Waals surface area contributed by atoms with Crippen molar-refractivity contribution in [3.8, 4) is 0 Å². The van der Waals surface area contributed by atoms with Crippen molar-refractivity contribution in [1.82, 2.24) is 14.6 Å². The van der Waals surface area contributed by atoms with E-state index in [2.05, 4.69) is 10.1 Å². The second kappa shape index (κ2) is 6.82. The van der Waals surface area contributed by atoms with Crippen molar-refractivity contribution >= 4 is 34.0 Å². The minimum Gasteiger partial charge on any atom is -0.266 e. The van der Waals surface area contributed by atoms with E-state index in [-0.39, 0.29) is 16.2 Å². The largest absolute Gasteiger partial charge is 0.296 e. The van der Waals surface area contributed by atoms with E-state index in [1.807, 2.05) is 48.5 Å². The first kappa shape index (κ1) is 16.6. The Morgan fingerprint density at radius 2 is 1.77 bits per heavy atom. The molecule has 2 aromatic heterocycles. The second-order valence-corrected chi connectivity index (χ2v) is 7.07. The van der Waals surface area contributed by atoms with Crippen molar-refractivity contribution in [3.63, 3.8) is 0 Å². The van der Waals surface area contributed by atoms with Gasteiger partial charge >= 0.3 is 0 Å². The van der Waals surface area contributed by atoms with Gasteiger partial charge in [-0.05, 0) is 23.3 Å². The predicted octanol–water partition coefficient (Wildman–Crippen LogP) is 2.30. The number of rotatable bonds is 3. The summed E-state index contributed by atoms with van der Waals surface area (Å²) in [6.45, 7) is 0. The van der Waals surface area contributed by atoms with E-state index in [1.165, 1.54) is 4.52 Å². The smallest absolute Gasteiger partial charge is 0.266 e. The number of fused-ring (bicyclic) bond motifs is 1. The molecule has 26 heavy (non-hydrogen) atoms. The van der Waals surface area contributed by atoms with Crippen LogP contribution in [0.1, 0.15) is 16.8 Å². The van der Waals surface area contributed by atoms with Gasteiger partial charge in [0, 0.05) is 11.4 Å². The zero-order valence-electron chi connectivity index (χ0n) is 13.4. The summed E-state index contributed by atoms with van der Waals surface area (Å²) >= 11 is 7.27. The normalized spacial score (nSPS) is 12.0. The minimum atomic E-state index is -0.417. The van der Waals surface area contributed by atoms with Crippen molar-refractivity contribution in [3.05, 3.63) is 102 Å². The van der Waals surface area contributed by atoms with E-state index < -0.39 is 5.56 Å². The third-order valence-corrected chi connectivity index (χ3v) is 5.16. The molecule has 0 saturated heterocycles. The van der Waals surface area contributed by atoms with Crippen LogP contribution < -0.4 is 15.7 Å². The average molecular weight is 382 g/mol. The molecule has 0 spiro atoms. The third kappa shape index (κ3) is 3.16. The summed E-state index contributed by atoms with van der Waals surface area (Å²) in [6, 6.07) is 16.7. The molecule has 0 aliphatic rings. The van der Waals surface area contributed by atoms with Crippen LogP contribution in [0, 0.1) is 0 Å². The van der Waals surface area contributed by atoms with Gasteiger partial charge < -0.3 is 0 Å². The molecule has 7 heteroatoms. The fraction of sp³-hybridized carbons (Fsp3) is 0.0526. The molecule has 0 atom stereocenters. The molecular weight excluding hydrogens is 370 g/mol. The standard InChI is InChI=1S/C19H12ClN3O2S/c20-14-9-5-4-8-13(14)11-16-18(25)23-19(26-16)21-17(24)15(22-23)10-12-6-2-1-3-7-12/h1-9,11H,10H2/b16-11+. The summed E-state index contributed by atoms with van der Waals surface area (Å²) in [5.74, 6) is 0. The second-order valence-electron chi connectivity index (χ2n) is 5.66. The maximum atomic E-state index is 12.7. The van der Waals surface area contributed by atoms with Gasteiger partial charge in [0.1, 0.15) is 5.69 Å². The van der Waals surface area contributed by atoms with Gasteiger partial charge in [0.2, 0.25) is 4.96 Å². The van der Waals surface area contributed by atoms with Gasteiger partial charge in [-0.2, -0.15) is 14.6 Å². The van der Waals surface area contributed by atoms with Crippen LogP contribution in [-0.4, -0.2) is 14.6 Å². The molecule has 4 aromatic rings. The van der Waals surface area contributed by atoms with Gasteiger partial charge in [-0.1, -0.05) is 71.5 Å². The molecule has 2 aromatic carbocycles. The van der Waals surface area contributed by atoms with Crippen LogP contribution in [0.5, 0.6) is 0 Å². The summed E-state index contributed by atoms with van der Waals surface area (Å²) in [6.07, 6.45) is 2.02. The Balaban J connectivity index is 1.85. The monoisotopic (exact) mass is 381 g/mol. The molecule has 0 radical (unpaired) electrons. The van der Waals surface area contributed by atoms with Gasteiger partial charge in [0.25, 0.3) is 11.1 Å². The minimum absolute atomic E-state index is 0.243. The molecule has 128 valence electrons. The van der Waals surface area contributed by atoms with Crippen LogP contribution in [0.2, 0.25) is 5.02 Å². The highest BCUT2D eigenvalue weighted by atomic mass is 35.5. The fourth-order valence-corrected chi connectivity index (χ4v) is 3.66. The first-order valence-corrected chi connectivity index (χ1v) is 9.04. The summed E-state index contributed by atoms with van der Waals surface area (Å²) < 4.78 is 1.61. The number of thiazole rings is 1. The molecule has 2 heterocycles. The highest BCUT2D eigenvalue weighted by Gasteiger charge is 2.11. The molecule has 0 aliphatic heterocycles. The zero-order valence-corrected chi connectivity index (χ0v) is 15.0. The number of hydrogen-bond acceptors (Lipinski definition) is 5. The number of hydrogen-bond donors (Lipinski definition) is 0. The first-order valence-electron chi connectivity index (χ1n) is 7.85. The molecule has 0 unspecified atom stereocenters. The molecule has 0 N–H and O–H groups in total. The number of halogens is 1. The van der Waals surface area contributed by atoms with Crippen LogP contribution >= 0.6 is 22.9 Å². The molecular formula is C19H12ClN3O2S. The Kier molecular flexibility index (Phi) is 4.36. The number of nitrogens with zero attached hydrogens (tertiary/aromatic N) is 3. The van der Waals surface area contributed by atoms with Gasteiger partial charge in [-0.15, -0.1) is 0 Å². The van der Waals surface area contributed by atoms with E-state index in [0.29, 0.717) is 16.0 Å². The van der Waals surface area contributed by atoms with E-state index >= 15 is 0 Å². The molecule has 0 aliphatic carbocycles. The average Bonchev–Trinajstić information content (AvgIpc) is 2.93. The third-order valence-electron chi connectivity index (χ3n) is 3.86. The number of benzene rings is 2. The van der Waals surface area contributed by atoms with Crippen LogP contribution in [0.25, 0.3) is 11.0 Å². The maximum Gasteiger partial charge on any atom is 0.296 e. The summed E-state index contributed by atoms with van der Waals surface area (Å²) in [7, 11) is 0. The summed E-state index contributed by atoms with van der Waals surface area (Å²) in [4.78, 5) is 29.2. The van der Waals surface area contributed by atoms with Crippen molar-refractivity contribution in [2.75, 3.05) is 0 Å². The molecule has 0 fully saturated rings. The van der Waals surface area contributed by atoms with Crippen LogP contribution in [0.4, 0.5) is 0 Å². The Hall–Kier alpha value is -2.83. The van der Waals surface area contributed by atoms with Crippen LogP contribution in [0.15, 0.2) is 64.2 Å². The summed E-state index contributed by atoms with van der Waals surface area (Å²) in [5, 5.41) is 4.79. The lowest BCUT2D eigenvalue weighted by Crippen LogP contribution is -2.28. The fourth-order valence-electron chi connectivity index (χ4n) is 2.57. The first-order chi connectivity index (χ1) is 12.6. The molecule has 4 rings (SSSR count). The Bertz CT molecular complexity index is 1270. The van der Waals surface area contributed by atoms with Gasteiger partial charge in [0.05, 0.1) is 4.53 Å². The van der Waals surface area contributed by atoms with E-state index in [1.54, 1.807) is 12.1 Å². The predicted molar refractivity (Wildman–Crippen MR) is 103 cm³/mol.